The Balaban J connectivity index is 1.64. The minimum absolute atomic E-state index is 0.204. The maximum Gasteiger partial charge on any atom is 0.251 e. The number of rotatable bonds is 10. The second-order valence-electron chi connectivity index (χ2n) is 9.90. The first-order valence-electron chi connectivity index (χ1n) is 12.3. The molecule has 0 spiro atoms. The normalized spacial score (nSPS) is 12.2. The number of amides is 2. The summed E-state index contributed by atoms with van der Waals surface area (Å²) >= 11 is 1.50. The molecule has 11 nitrogen and oxygen atoms in total. The van der Waals surface area contributed by atoms with Crippen molar-refractivity contribution in [3.05, 3.63) is 64.2 Å². The lowest BCUT2D eigenvalue weighted by Crippen LogP contribution is -2.49. The SMILES string of the molecule is COc1ccc(-c2nnn(CC(=O)N(Cc3cccs3)C(C(=O)NC(C)(C)C)c3ccc(C)o3)n2)cc1OC. The van der Waals surface area contributed by atoms with E-state index in [1.165, 1.54) is 21.0 Å². The Morgan fingerprint density at radius 3 is 2.51 bits per heavy atom. The highest BCUT2D eigenvalue weighted by molar-refractivity contribution is 7.09. The van der Waals surface area contributed by atoms with Crippen molar-refractivity contribution >= 4 is 23.2 Å². The lowest BCUT2D eigenvalue weighted by atomic mass is 10.1. The van der Waals surface area contributed by atoms with Gasteiger partial charge in [0.15, 0.2) is 17.5 Å². The second-order valence-corrected chi connectivity index (χ2v) is 10.9. The number of tetrazole rings is 1. The molecule has 1 unspecified atom stereocenters. The van der Waals surface area contributed by atoms with Crippen LogP contribution in [-0.4, -0.2) is 56.7 Å². The van der Waals surface area contributed by atoms with E-state index in [0.29, 0.717) is 34.4 Å². The summed E-state index contributed by atoms with van der Waals surface area (Å²) < 4.78 is 16.5. The van der Waals surface area contributed by atoms with Gasteiger partial charge in [-0.2, -0.15) is 4.80 Å². The van der Waals surface area contributed by atoms with Crippen LogP contribution in [0.3, 0.4) is 0 Å². The molecule has 0 aliphatic carbocycles. The van der Waals surface area contributed by atoms with Gasteiger partial charge in [0.05, 0.1) is 20.8 Å². The van der Waals surface area contributed by atoms with Gasteiger partial charge >= 0.3 is 0 Å². The summed E-state index contributed by atoms with van der Waals surface area (Å²) in [6.45, 7) is 7.42. The van der Waals surface area contributed by atoms with Crippen LogP contribution in [0.25, 0.3) is 11.4 Å². The van der Waals surface area contributed by atoms with E-state index in [9.17, 15) is 9.59 Å². The monoisotopic (exact) mass is 552 g/mol. The summed E-state index contributed by atoms with van der Waals surface area (Å²) in [5, 5.41) is 17.5. The zero-order valence-corrected chi connectivity index (χ0v) is 23.6. The van der Waals surface area contributed by atoms with E-state index in [-0.39, 0.29) is 24.9 Å². The zero-order chi connectivity index (χ0) is 28.2. The van der Waals surface area contributed by atoms with Crippen LogP contribution in [0.2, 0.25) is 0 Å². The minimum Gasteiger partial charge on any atom is -0.493 e. The maximum atomic E-state index is 13.8. The summed E-state index contributed by atoms with van der Waals surface area (Å²) in [6, 6.07) is 11.6. The third-order valence-corrected chi connectivity index (χ3v) is 6.55. The predicted octanol–water partition coefficient (Wildman–Crippen LogP) is 4.01. The van der Waals surface area contributed by atoms with E-state index >= 15 is 0 Å². The molecule has 0 saturated carbocycles. The predicted molar refractivity (Wildman–Crippen MR) is 145 cm³/mol. The third kappa shape index (κ3) is 6.82. The molecule has 3 heterocycles. The van der Waals surface area contributed by atoms with Crippen LogP contribution in [0.5, 0.6) is 11.5 Å². The zero-order valence-electron chi connectivity index (χ0n) is 22.8. The fourth-order valence-corrected chi connectivity index (χ4v) is 4.67. The molecule has 1 atom stereocenters. The fourth-order valence-electron chi connectivity index (χ4n) is 3.97. The molecule has 0 saturated heterocycles. The Hall–Kier alpha value is -4.19. The van der Waals surface area contributed by atoms with Crippen molar-refractivity contribution in [3.63, 3.8) is 0 Å². The summed E-state index contributed by atoms with van der Waals surface area (Å²) in [5.74, 6) is 1.70. The number of hydrogen-bond acceptors (Lipinski definition) is 9. The molecule has 0 radical (unpaired) electrons. The number of methoxy groups -OCH3 is 2. The molecule has 0 fully saturated rings. The van der Waals surface area contributed by atoms with Crippen molar-refractivity contribution in [2.45, 2.75) is 52.4 Å². The number of nitrogens with one attached hydrogen (secondary N) is 1. The van der Waals surface area contributed by atoms with Crippen molar-refractivity contribution in [1.82, 2.24) is 30.4 Å². The van der Waals surface area contributed by atoms with E-state index in [4.69, 9.17) is 13.9 Å². The molecule has 4 rings (SSSR count). The minimum atomic E-state index is -0.999. The molecule has 0 bridgehead atoms. The molecule has 4 aromatic rings. The number of carbonyl (C=O) groups is 2. The third-order valence-electron chi connectivity index (χ3n) is 5.69. The van der Waals surface area contributed by atoms with Gasteiger partial charge in [-0.05, 0) is 74.7 Å². The first kappa shape index (κ1) is 27.8. The maximum absolute atomic E-state index is 13.8. The topological polar surface area (TPSA) is 125 Å². The van der Waals surface area contributed by atoms with Gasteiger partial charge in [0.25, 0.3) is 5.91 Å². The van der Waals surface area contributed by atoms with E-state index in [0.717, 1.165) is 4.88 Å². The lowest BCUT2D eigenvalue weighted by molar-refractivity contribution is -0.143. The van der Waals surface area contributed by atoms with E-state index in [2.05, 4.69) is 20.7 Å². The van der Waals surface area contributed by atoms with Gasteiger partial charge in [0.1, 0.15) is 18.1 Å². The Bertz CT molecular complexity index is 1420. The largest absolute Gasteiger partial charge is 0.493 e. The Morgan fingerprint density at radius 2 is 1.90 bits per heavy atom. The number of thiophene rings is 1. The molecule has 206 valence electrons. The molecule has 12 heteroatoms. The fraction of sp³-hybridized carbons (Fsp3) is 0.370. The first-order chi connectivity index (χ1) is 18.6. The van der Waals surface area contributed by atoms with Gasteiger partial charge < -0.3 is 24.1 Å². The molecule has 0 aliphatic heterocycles. The lowest BCUT2D eigenvalue weighted by Gasteiger charge is -2.32. The van der Waals surface area contributed by atoms with Gasteiger partial charge in [-0.1, -0.05) is 6.07 Å². The molecule has 1 N–H and O–H groups in total. The quantitative estimate of drug-likeness (QED) is 0.313. The molecular weight excluding hydrogens is 520 g/mol. The van der Waals surface area contributed by atoms with Gasteiger partial charge in [0.2, 0.25) is 11.7 Å². The summed E-state index contributed by atoms with van der Waals surface area (Å²) in [6.07, 6.45) is 0. The van der Waals surface area contributed by atoms with Crippen LogP contribution in [-0.2, 0) is 22.7 Å². The van der Waals surface area contributed by atoms with Crippen molar-refractivity contribution in [2.24, 2.45) is 0 Å². The van der Waals surface area contributed by atoms with Gasteiger partial charge in [-0.25, -0.2) is 0 Å². The average Bonchev–Trinajstić information content (AvgIpc) is 3.65. The smallest absolute Gasteiger partial charge is 0.251 e. The standard InChI is InChI=1S/C27H32N6O5S/c1-17-9-11-21(38-17)24(26(35)28-27(2,3)4)32(15-19-8-7-13-39-19)23(34)16-33-30-25(29-31-33)18-10-12-20(36-5)22(14-18)37-6/h7-14,24H,15-16H2,1-6H3,(H,28,35). The van der Waals surface area contributed by atoms with Crippen LogP contribution >= 0.6 is 11.3 Å². The molecule has 1 aromatic carbocycles. The van der Waals surface area contributed by atoms with Crippen molar-refractivity contribution in [1.29, 1.82) is 0 Å². The number of benzene rings is 1. The average molecular weight is 553 g/mol. The Morgan fingerprint density at radius 1 is 1.13 bits per heavy atom. The number of aromatic nitrogens is 4. The van der Waals surface area contributed by atoms with Crippen LogP contribution in [0.4, 0.5) is 0 Å². The molecule has 39 heavy (non-hydrogen) atoms. The first-order valence-corrected chi connectivity index (χ1v) is 13.2. The van der Waals surface area contributed by atoms with Gasteiger partial charge in [-0.15, -0.1) is 21.5 Å². The summed E-state index contributed by atoms with van der Waals surface area (Å²) in [5.41, 5.74) is 0.131. The number of hydrogen-bond donors (Lipinski definition) is 1. The highest BCUT2D eigenvalue weighted by Gasteiger charge is 2.36. The number of furan rings is 1. The van der Waals surface area contributed by atoms with Gasteiger partial charge in [0, 0.05) is 16.0 Å². The summed E-state index contributed by atoms with van der Waals surface area (Å²) in [7, 11) is 3.10. The van der Waals surface area contributed by atoms with Crippen LogP contribution in [0.1, 0.15) is 43.2 Å². The van der Waals surface area contributed by atoms with Crippen LogP contribution in [0.15, 0.2) is 52.3 Å². The molecule has 0 aliphatic rings. The van der Waals surface area contributed by atoms with Crippen LogP contribution < -0.4 is 14.8 Å². The number of ether oxygens (including phenoxy) is 2. The molecule has 2 amide bonds. The van der Waals surface area contributed by atoms with Crippen molar-refractivity contribution < 1.29 is 23.5 Å². The number of nitrogens with zero attached hydrogens (tertiary/aromatic N) is 5. The number of carbonyl (C=O) groups excluding carboxylic acids is 2. The molecular formula is C27H32N6O5S. The molecule has 3 aromatic heterocycles. The van der Waals surface area contributed by atoms with E-state index in [1.54, 1.807) is 51.5 Å². The van der Waals surface area contributed by atoms with E-state index < -0.39 is 11.6 Å². The van der Waals surface area contributed by atoms with Gasteiger partial charge in [-0.3, -0.25) is 9.59 Å². The number of aryl methyl sites for hydroxylation is 1. The Labute approximate surface area is 230 Å². The Kier molecular flexibility index (Phi) is 8.34. The highest BCUT2D eigenvalue weighted by atomic mass is 32.1. The van der Waals surface area contributed by atoms with Crippen molar-refractivity contribution in [2.75, 3.05) is 14.2 Å². The summed E-state index contributed by atoms with van der Waals surface area (Å²) in [4.78, 5) is 31.0. The highest BCUT2D eigenvalue weighted by Crippen LogP contribution is 2.31. The van der Waals surface area contributed by atoms with Crippen molar-refractivity contribution in [3.8, 4) is 22.9 Å². The van der Waals surface area contributed by atoms with Crippen LogP contribution in [0, 0.1) is 6.92 Å². The van der Waals surface area contributed by atoms with E-state index in [1.807, 2.05) is 38.3 Å². The second kappa shape index (κ2) is 11.7.